The van der Waals surface area contributed by atoms with E-state index in [1.54, 1.807) is 31.2 Å². The zero-order valence-electron chi connectivity index (χ0n) is 13.8. The Morgan fingerprint density at radius 2 is 1.68 bits per heavy atom. The molecule has 0 unspecified atom stereocenters. The van der Waals surface area contributed by atoms with Crippen molar-refractivity contribution in [2.24, 2.45) is 0 Å². The topological polar surface area (TPSA) is 64.6 Å². The fourth-order valence-corrected chi connectivity index (χ4v) is 3.66. The number of amides is 1. The van der Waals surface area contributed by atoms with Crippen molar-refractivity contribution in [2.45, 2.75) is 13.8 Å². The van der Waals surface area contributed by atoms with Gasteiger partial charge in [-0.2, -0.15) is 0 Å². The van der Waals surface area contributed by atoms with Gasteiger partial charge in [0.2, 0.25) is 0 Å². The molecule has 2 aromatic carbocycles. The van der Waals surface area contributed by atoms with Crippen molar-refractivity contribution in [3.8, 4) is 5.75 Å². The van der Waals surface area contributed by atoms with Crippen LogP contribution in [0.3, 0.4) is 0 Å². The third-order valence-electron chi connectivity index (χ3n) is 3.19. The van der Waals surface area contributed by atoms with Gasteiger partial charge < -0.3 is 14.8 Å². The van der Waals surface area contributed by atoms with Gasteiger partial charge in [-0.25, -0.2) is 4.79 Å². The maximum Gasteiger partial charge on any atom is 0.338 e. The lowest BCUT2D eigenvalue weighted by Crippen LogP contribution is -2.20. The molecule has 0 aliphatic carbocycles. The van der Waals surface area contributed by atoms with Crippen molar-refractivity contribution in [1.82, 2.24) is 0 Å². The standard InChI is InChI=1S/C18H17Br2NO4/c1-3-24-18(23)12-4-6-13(7-5-12)25-10-16(22)21-17-14(19)8-11(2)9-15(17)20/h4-9H,3,10H2,1-2H3,(H,21,22). The Labute approximate surface area is 163 Å². The van der Waals surface area contributed by atoms with Crippen LogP contribution in [0.2, 0.25) is 0 Å². The highest BCUT2D eigenvalue weighted by atomic mass is 79.9. The Hall–Kier alpha value is -1.86. The van der Waals surface area contributed by atoms with E-state index >= 15 is 0 Å². The molecule has 5 nitrogen and oxygen atoms in total. The van der Waals surface area contributed by atoms with Gasteiger partial charge in [-0.3, -0.25) is 4.79 Å². The third-order valence-corrected chi connectivity index (χ3v) is 4.44. The zero-order chi connectivity index (χ0) is 18.4. The Balaban J connectivity index is 1.93. The molecule has 0 heterocycles. The van der Waals surface area contributed by atoms with Crippen molar-refractivity contribution in [2.75, 3.05) is 18.5 Å². The van der Waals surface area contributed by atoms with E-state index in [-0.39, 0.29) is 18.5 Å². The average Bonchev–Trinajstić information content (AvgIpc) is 2.57. The van der Waals surface area contributed by atoms with Crippen LogP contribution in [0.5, 0.6) is 5.75 Å². The van der Waals surface area contributed by atoms with E-state index in [0.29, 0.717) is 23.6 Å². The number of benzene rings is 2. The lowest BCUT2D eigenvalue weighted by molar-refractivity contribution is -0.118. The third kappa shape index (κ3) is 5.57. The van der Waals surface area contributed by atoms with Gasteiger partial charge in [0.05, 0.1) is 17.9 Å². The number of hydrogen-bond acceptors (Lipinski definition) is 4. The highest BCUT2D eigenvalue weighted by Gasteiger charge is 2.11. The number of ether oxygens (including phenoxy) is 2. The highest BCUT2D eigenvalue weighted by Crippen LogP contribution is 2.32. The number of aryl methyl sites for hydroxylation is 1. The SMILES string of the molecule is CCOC(=O)c1ccc(OCC(=O)Nc2c(Br)cc(C)cc2Br)cc1. The van der Waals surface area contributed by atoms with Crippen molar-refractivity contribution in [1.29, 1.82) is 0 Å². The summed E-state index contributed by atoms with van der Waals surface area (Å²) in [4.78, 5) is 23.7. The van der Waals surface area contributed by atoms with E-state index in [0.717, 1.165) is 14.5 Å². The summed E-state index contributed by atoms with van der Waals surface area (Å²) in [6.45, 7) is 3.88. The van der Waals surface area contributed by atoms with Crippen molar-refractivity contribution in [3.63, 3.8) is 0 Å². The fourth-order valence-electron chi connectivity index (χ4n) is 2.05. The minimum atomic E-state index is -0.388. The van der Waals surface area contributed by atoms with Gasteiger partial charge in [0.15, 0.2) is 6.61 Å². The molecule has 2 aromatic rings. The molecule has 1 N–H and O–H groups in total. The number of anilines is 1. The van der Waals surface area contributed by atoms with Crippen LogP contribution in [0.15, 0.2) is 45.3 Å². The predicted octanol–water partition coefficient (Wildman–Crippen LogP) is 4.71. The molecule has 7 heteroatoms. The molecule has 132 valence electrons. The Morgan fingerprint density at radius 1 is 1.08 bits per heavy atom. The summed E-state index contributed by atoms with van der Waals surface area (Å²) in [5, 5.41) is 2.79. The number of nitrogens with one attached hydrogen (secondary N) is 1. The molecular formula is C18H17Br2NO4. The van der Waals surface area contributed by atoms with Crippen molar-refractivity contribution < 1.29 is 19.1 Å². The number of rotatable bonds is 6. The van der Waals surface area contributed by atoms with Crippen molar-refractivity contribution in [3.05, 3.63) is 56.5 Å². The molecular weight excluding hydrogens is 454 g/mol. The number of hydrogen-bond donors (Lipinski definition) is 1. The first-order valence-electron chi connectivity index (χ1n) is 7.56. The van der Waals surface area contributed by atoms with Crippen LogP contribution >= 0.6 is 31.9 Å². The maximum atomic E-state index is 12.1. The molecule has 0 radical (unpaired) electrons. The number of carbonyl (C=O) groups is 2. The highest BCUT2D eigenvalue weighted by molar-refractivity contribution is 9.11. The van der Waals surface area contributed by atoms with Crippen LogP contribution in [0.1, 0.15) is 22.8 Å². The molecule has 0 spiro atoms. The van der Waals surface area contributed by atoms with Gasteiger partial charge in [-0.1, -0.05) is 0 Å². The molecule has 0 bridgehead atoms. The summed E-state index contributed by atoms with van der Waals surface area (Å²) in [6.07, 6.45) is 0. The van der Waals surface area contributed by atoms with E-state index in [9.17, 15) is 9.59 Å². The number of halogens is 2. The summed E-state index contributed by atoms with van der Waals surface area (Å²) < 4.78 is 11.9. The van der Waals surface area contributed by atoms with Gasteiger partial charge in [-0.05, 0) is 87.7 Å². The van der Waals surface area contributed by atoms with Gasteiger partial charge >= 0.3 is 5.97 Å². The lowest BCUT2D eigenvalue weighted by Gasteiger charge is -2.11. The molecule has 0 saturated heterocycles. The Kier molecular flexibility index (Phi) is 7.01. The largest absolute Gasteiger partial charge is 0.484 e. The predicted molar refractivity (Wildman–Crippen MR) is 103 cm³/mol. The van der Waals surface area contributed by atoms with E-state index in [1.165, 1.54) is 0 Å². The summed E-state index contributed by atoms with van der Waals surface area (Å²) >= 11 is 6.85. The van der Waals surface area contributed by atoms with Crippen molar-refractivity contribution >= 4 is 49.4 Å². The molecule has 25 heavy (non-hydrogen) atoms. The first kappa shape index (κ1) is 19.5. The maximum absolute atomic E-state index is 12.1. The Bertz CT molecular complexity index is 752. The van der Waals surface area contributed by atoms with Crippen LogP contribution in [-0.4, -0.2) is 25.1 Å². The molecule has 2 rings (SSSR count). The van der Waals surface area contributed by atoms with E-state index in [2.05, 4.69) is 37.2 Å². The average molecular weight is 471 g/mol. The molecule has 0 atom stereocenters. The van der Waals surface area contributed by atoms with Crippen LogP contribution in [-0.2, 0) is 9.53 Å². The summed E-state index contributed by atoms with van der Waals surface area (Å²) in [7, 11) is 0. The Morgan fingerprint density at radius 3 is 2.24 bits per heavy atom. The number of carbonyl (C=O) groups excluding carboxylic acids is 2. The lowest BCUT2D eigenvalue weighted by atomic mass is 10.2. The smallest absolute Gasteiger partial charge is 0.338 e. The van der Waals surface area contributed by atoms with E-state index in [4.69, 9.17) is 9.47 Å². The molecule has 0 aliphatic heterocycles. The van der Waals surface area contributed by atoms with E-state index in [1.807, 2.05) is 19.1 Å². The van der Waals surface area contributed by atoms with Gasteiger partial charge in [0, 0.05) is 8.95 Å². The molecule has 0 saturated carbocycles. The molecule has 0 aliphatic rings. The molecule has 1 amide bonds. The second-order valence-electron chi connectivity index (χ2n) is 5.19. The van der Waals surface area contributed by atoms with Gasteiger partial charge in [0.1, 0.15) is 5.75 Å². The first-order valence-corrected chi connectivity index (χ1v) is 9.14. The quantitative estimate of drug-likeness (QED) is 0.620. The second kappa shape index (κ2) is 9.01. The molecule has 0 fully saturated rings. The summed E-state index contributed by atoms with van der Waals surface area (Å²) in [5.74, 6) is -0.189. The normalized spacial score (nSPS) is 10.2. The van der Waals surface area contributed by atoms with Crippen LogP contribution in [0.25, 0.3) is 0 Å². The van der Waals surface area contributed by atoms with Crippen LogP contribution < -0.4 is 10.1 Å². The monoisotopic (exact) mass is 469 g/mol. The van der Waals surface area contributed by atoms with Crippen LogP contribution in [0.4, 0.5) is 5.69 Å². The summed E-state index contributed by atoms with van der Waals surface area (Å²) in [5.41, 5.74) is 2.15. The van der Waals surface area contributed by atoms with E-state index < -0.39 is 0 Å². The van der Waals surface area contributed by atoms with Gasteiger partial charge in [-0.15, -0.1) is 0 Å². The second-order valence-corrected chi connectivity index (χ2v) is 6.89. The minimum Gasteiger partial charge on any atom is -0.484 e. The summed E-state index contributed by atoms with van der Waals surface area (Å²) in [6, 6.07) is 10.3. The first-order chi connectivity index (χ1) is 11.9. The minimum absolute atomic E-state index is 0.147. The van der Waals surface area contributed by atoms with Crippen LogP contribution in [0, 0.1) is 6.92 Å². The molecule has 0 aromatic heterocycles. The van der Waals surface area contributed by atoms with Gasteiger partial charge in [0.25, 0.3) is 5.91 Å². The fraction of sp³-hybridized carbons (Fsp3) is 0.222. The zero-order valence-corrected chi connectivity index (χ0v) is 16.9. The number of esters is 1.